The summed E-state index contributed by atoms with van der Waals surface area (Å²) in [5.74, 6) is -0.314. The summed E-state index contributed by atoms with van der Waals surface area (Å²) in [4.78, 5) is 13.5. The second kappa shape index (κ2) is 8.22. The SMILES string of the molecule is CC(C)(C)c1ccccc1NC(=O)[C@@H]1Cc2ccccc2CN1S(=O)(=O)c1cccs1. The Morgan fingerprint density at radius 1 is 1.00 bits per heavy atom. The molecule has 31 heavy (non-hydrogen) atoms. The van der Waals surface area contributed by atoms with Crippen LogP contribution in [0.3, 0.4) is 0 Å². The van der Waals surface area contributed by atoms with Gasteiger partial charge < -0.3 is 5.32 Å². The number of thiophene rings is 1. The van der Waals surface area contributed by atoms with Gasteiger partial charge in [-0.3, -0.25) is 4.79 Å². The van der Waals surface area contributed by atoms with E-state index in [1.54, 1.807) is 17.5 Å². The number of anilines is 1. The van der Waals surface area contributed by atoms with Gasteiger partial charge in [0.05, 0.1) is 0 Å². The first-order chi connectivity index (χ1) is 14.7. The van der Waals surface area contributed by atoms with Crippen LogP contribution in [0.5, 0.6) is 0 Å². The Labute approximate surface area is 187 Å². The molecule has 1 aliphatic heterocycles. The molecule has 0 unspecified atom stereocenters. The van der Waals surface area contributed by atoms with E-state index in [0.717, 1.165) is 16.7 Å². The molecule has 1 aliphatic rings. The van der Waals surface area contributed by atoms with Crippen molar-refractivity contribution in [1.82, 2.24) is 4.31 Å². The van der Waals surface area contributed by atoms with Crippen molar-refractivity contribution in [2.75, 3.05) is 5.32 Å². The minimum Gasteiger partial charge on any atom is -0.324 e. The predicted molar refractivity (Wildman–Crippen MR) is 125 cm³/mol. The number of rotatable bonds is 4. The van der Waals surface area contributed by atoms with E-state index in [4.69, 9.17) is 0 Å². The average Bonchev–Trinajstić information content (AvgIpc) is 3.28. The number of carbonyl (C=O) groups is 1. The fourth-order valence-corrected chi connectivity index (χ4v) is 6.65. The van der Waals surface area contributed by atoms with Crippen LogP contribution in [0, 0.1) is 0 Å². The lowest BCUT2D eigenvalue weighted by Crippen LogP contribution is -2.50. The van der Waals surface area contributed by atoms with Gasteiger partial charge in [-0.2, -0.15) is 4.31 Å². The Kier molecular flexibility index (Phi) is 5.77. The highest BCUT2D eigenvalue weighted by atomic mass is 32.2. The number of para-hydroxylation sites is 1. The first-order valence-corrected chi connectivity index (χ1v) is 12.5. The van der Waals surface area contributed by atoms with Gasteiger partial charge in [-0.1, -0.05) is 69.3 Å². The third-order valence-electron chi connectivity index (χ3n) is 5.56. The number of sulfonamides is 1. The largest absolute Gasteiger partial charge is 0.324 e. The van der Waals surface area contributed by atoms with Gasteiger partial charge >= 0.3 is 0 Å². The van der Waals surface area contributed by atoms with E-state index in [9.17, 15) is 13.2 Å². The highest BCUT2D eigenvalue weighted by molar-refractivity contribution is 7.91. The van der Waals surface area contributed by atoms with E-state index in [-0.39, 0.29) is 22.1 Å². The zero-order valence-electron chi connectivity index (χ0n) is 17.8. The van der Waals surface area contributed by atoms with Gasteiger partial charge in [-0.15, -0.1) is 11.3 Å². The van der Waals surface area contributed by atoms with Gasteiger partial charge in [-0.25, -0.2) is 8.42 Å². The normalized spacial score (nSPS) is 17.2. The zero-order valence-corrected chi connectivity index (χ0v) is 19.5. The number of hydrogen-bond acceptors (Lipinski definition) is 4. The summed E-state index contributed by atoms with van der Waals surface area (Å²) in [6.07, 6.45) is 0.338. The molecule has 2 heterocycles. The van der Waals surface area contributed by atoms with Gasteiger partial charge in [0.2, 0.25) is 5.91 Å². The molecule has 3 aromatic rings. The van der Waals surface area contributed by atoms with Gasteiger partial charge in [0, 0.05) is 12.2 Å². The second-order valence-corrected chi connectivity index (χ2v) is 11.8. The maximum atomic E-state index is 13.5. The Morgan fingerprint density at radius 2 is 1.68 bits per heavy atom. The van der Waals surface area contributed by atoms with E-state index in [2.05, 4.69) is 26.1 Å². The standard InChI is InChI=1S/C24H26N2O3S2/c1-24(2,3)19-11-6-7-12-20(19)25-23(27)21-15-17-9-4-5-10-18(17)16-26(21)31(28,29)22-13-8-14-30-22/h4-14,21H,15-16H2,1-3H3,(H,25,27)/t21-/m0/s1. The minimum atomic E-state index is -3.80. The van der Waals surface area contributed by atoms with Crippen molar-refractivity contribution in [3.8, 4) is 0 Å². The summed E-state index contributed by atoms with van der Waals surface area (Å²) in [5, 5.41) is 4.76. The van der Waals surface area contributed by atoms with E-state index in [0.29, 0.717) is 12.1 Å². The van der Waals surface area contributed by atoms with Crippen molar-refractivity contribution in [1.29, 1.82) is 0 Å². The van der Waals surface area contributed by atoms with Crippen molar-refractivity contribution in [3.05, 3.63) is 82.7 Å². The molecule has 7 heteroatoms. The topological polar surface area (TPSA) is 66.5 Å². The van der Waals surface area contributed by atoms with Gasteiger partial charge in [0.15, 0.2) is 0 Å². The number of carbonyl (C=O) groups excluding carboxylic acids is 1. The summed E-state index contributed by atoms with van der Waals surface area (Å²) in [7, 11) is -3.80. The summed E-state index contributed by atoms with van der Waals surface area (Å²) in [6, 6.07) is 17.9. The van der Waals surface area contributed by atoms with E-state index >= 15 is 0 Å². The molecule has 0 saturated carbocycles. The molecule has 1 aromatic heterocycles. The third kappa shape index (κ3) is 4.31. The van der Waals surface area contributed by atoms with E-state index in [1.807, 2.05) is 48.5 Å². The first kappa shape index (κ1) is 21.7. The van der Waals surface area contributed by atoms with Gasteiger partial charge in [-0.05, 0) is 46.0 Å². The van der Waals surface area contributed by atoms with Crippen molar-refractivity contribution in [3.63, 3.8) is 0 Å². The smallest absolute Gasteiger partial charge is 0.253 e. The summed E-state index contributed by atoms with van der Waals surface area (Å²) in [6.45, 7) is 6.43. The van der Waals surface area contributed by atoms with Crippen LogP contribution in [0.25, 0.3) is 0 Å². The van der Waals surface area contributed by atoms with E-state index in [1.165, 1.54) is 15.6 Å². The number of nitrogens with zero attached hydrogens (tertiary/aromatic N) is 1. The van der Waals surface area contributed by atoms with Crippen LogP contribution in [-0.2, 0) is 33.2 Å². The lowest BCUT2D eigenvalue weighted by Gasteiger charge is -2.35. The van der Waals surface area contributed by atoms with E-state index < -0.39 is 16.1 Å². The molecule has 4 rings (SSSR count). The van der Waals surface area contributed by atoms with Crippen LogP contribution in [0.1, 0.15) is 37.5 Å². The maximum absolute atomic E-state index is 13.5. The highest BCUT2D eigenvalue weighted by Crippen LogP contribution is 2.33. The molecule has 0 bridgehead atoms. The van der Waals surface area contributed by atoms with Crippen LogP contribution < -0.4 is 5.32 Å². The molecule has 0 spiro atoms. The third-order valence-corrected chi connectivity index (χ3v) is 8.79. The molecular weight excluding hydrogens is 428 g/mol. The molecule has 0 aliphatic carbocycles. The van der Waals surface area contributed by atoms with Crippen LogP contribution >= 0.6 is 11.3 Å². The molecule has 1 atom stereocenters. The Balaban J connectivity index is 1.72. The average molecular weight is 455 g/mol. The maximum Gasteiger partial charge on any atom is 0.253 e. The molecule has 2 aromatic carbocycles. The minimum absolute atomic E-state index is 0.161. The van der Waals surface area contributed by atoms with Gasteiger partial charge in [0.25, 0.3) is 10.0 Å². The van der Waals surface area contributed by atoms with Gasteiger partial charge in [0.1, 0.15) is 10.3 Å². The highest BCUT2D eigenvalue weighted by Gasteiger charge is 2.40. The molecule has 0 fully saturated rings. The monoisotopic (exact) mass is 454 g/mol. The van der Waals surface area contributed by atoms with Crippen LogP contribution in [-0.4, -0.2) is 24.7 Å². The van der Waals surface area contributed by atoms with Crippen molar-refractivity contribution in [2.45, 2.75) is 49.4 Å². The Morgan fingerprint density at radius 3 is 2.35 bits per heavy atom. The predicted octanol–water partition coefficient (Wildman–Crippen LogP) is 4.80. The fourth-order valence-electron chi connectivity index (χ4n) is 3.96. The number of hydrogen-bond donors (Lipinski definition) is 1. The number of fused-ring (bicyclic) bond motifs is 1. The Hall–Kier alpha value is -2.48. The van der Waals surface area contributed by atoms with Crippen LogP contribution in [0.15, 0.2) is 70.3 Å². The number of nitrogens with one attached hydrogen (secondary N) is 1. The first-order valence-electron chi connectivity index (χ1n) is 10.2. The Bertz CT molecular complexity index is 1200. The fraction of sp³-hybridized carbons (Fsp3) is 0.292. The number of benzene rings is 2. The number of amides is 1. The quantitative estimate of drug-likeness (QED) is 0.616. The summed E-state index contributed by atoms with van der Waals surface area (Å²) < 4.78 is 28.4. The van der Waals surface area contributed by atoms with Crippen molar-refractivity contribution in [2.24, 2.45) is 0 Å². The van der Waals surface area contributed by atoms with Crippen LogP contribution in [0.2, 0.25) is 0 Å². The molecular formula is C24H26N2O3S2. The molecule has 1 amide bonds. The second-order valence-electron chi connectivity index (χ2n) is 8.76. The van der Waals surface area contributed by atoms with Crippen molar-refractivity contribution < 1.29 is 13.2 Å². The zero-order chi connectivity index (χ0) is 22.2. The lowest BCUT2D eigenvalue weighted by atomic mass is 9.85. The summed E-state index contributed by atoms with van der Waals surface area (Å²) in [5.41, 5.74) is 3.50. The van der Waals surface area contributed by atoms with Crippen LogP contribution in [0.4, 0.5) is 5.69 Å². The van der Waals surface area contributed by atoms with Crippen molar-refractivity contribution >= 4 is 33.0 Å². The molecule has 1 N–H and O–H groups in total. The molecule has 0 saturated heterocycles. The summed E-state index contributed by atoms with van der Waals surface area (Å²) >= 11 is 1.17. The molecule has 0 radical (unpaired) electrons. The molecule has 162 valence electrons. The lowest BCUT2D eigenvalue weighted by molar-refractivity contribution is -0.120. The molecule has 5 nitrogen and oxygen atoms in total.